The molecule has 0 saturated heterocycles. The Kier molecular flexibility index (Phi) is 5.39. The first-order valence-corrected chi connectivity index (χ1v) is 7.83. The van der Waals surface area contributed by atoms with Gasteiger partial charge in [0, 0.05) is 8.95 Å². The third-order valence-corrected chi connectivity index (χ3v) is 4.07. The van der Waals surface area contributed by atoms with Gasteiger partial charge in [-0.3, -0.25) is 4.79 Å². The Morgan fingerprint density at radius 2 is 1.86 bits per heavy atom. The van der Waals surface area contributed by atoms with Crippen LogP contribution in [0, 0.1) is 0 Å². The van der Waals surface area contributed by atoms with Gasteiger partial charge in [-0.05, 0) is 58.2 Å². The lowest BCUT2D eigenvalue weighted by molar-refractivity contribution is -0.117. The first-order chi connectivity index (χ1) is 9.95. The van der Waals surface area contributed by atoms with Gasteiger partial charge in [-0.2, -0.15) is 0 Å². The topological polar surface area (TPSA) is 75.3 Å². The molecule has 2 rings (SSSR count). The Bertz CT molecular complexity index is 645. The van der Waals surface area contributed by atoms with E-state index in [9.17, 15) is 9.90 Å². The number of carbonyl (C=O) groups excluding carboxylic acids is 1. The van der Waals surface area contributed by atoms with Gasteiger partial charge in [0.15, 0.2) is 0 Å². The van der Waals surface area contributed by atoms with Gasteiger partial charge < -0.3 is 16.2 Å². The zero-order chi connectivity index (χ0) is 15.4. The summed E-state index contributed by atoms with van der Waals surface area (Å²) < 4.78 is 1.70. The maximum Gasteiger partial charge on any atom is 0.241 e. The molecule has 0 radical (unpaired) electrons. The van der Waals surface area contributed by atoms with Crippen LogP contribution in [0.1, 0.15) is 5.56 Å². The third kappa shape index (κ3) is 4.56. The molecule has 0 aliphatic rings. The Labute approximate surface area is 139 Å². The molecule has 2 aromatic rings. The highest BCUT2D eigenvalue weighted by Gasteiger charge is 2.15. The molecule has 0 aromatic heterocycles. The number of nitrogens with two attached hydrogens (primary N) is 1. The number of nitrogens with one attached hydrogen (secondary N) is 1. The predicted molar refractivity (Wildman–Crippen MR) is 90.3 cm³/mol. The second-order valence-corrected chi connectivity index (χ2v) is 6.36. The highest BCUT2D eigenvalue weighted by atomic mass is 79.9. The Morgan fingerprint density at radius 1 is 1.19 bits per heavy atom. The molecular weight excluding hydrogens is 400 g/mol. The van der Waals surface area contributed by atoms with E-state index in [-0.39, 0.29) is 11.7 Å². The molecule has 4 N–H and O–H groups in total. The predicted octanol–water partition coefficient (Wildman–Crippen LogP) is 3.43. The summed E-state index contributed by atoms with van der Waals surface area (Å²) >= 11 is 6.74. The monoisotopic (exact) mass is 412 g/mol. The molecule has 0 aliphatic heterocycles. The van der Waals surface area contributed by atoms with Crippen LogP contribution < -0.4 is 11.1 Å². The third-order valence-electron chi connectivity index (χ3n) is 2.92. The van der Waals surface area contributed by atoms with Crippen LogP contribution in [0.25, 0.3) is 0 Å². The molecule has 0 aliphatic carbocycles. The van der Waals surface area contributed by atoms with Gasteiger partial charge >= 0.3 is 0 Å². The summed E-state index contributed by atoms with van der Waals surface area (Å²) in [5.74, 6) is -0.0679. The second kappa shape index (κ2) is 7.06. The molecule has 21 heavy (non-hydrogen) atoms. The van der Waals surface area contributed by atoms with E-state index >= 15 is 0 Å². The van der Waals surface area contributed by atoms with E-state index in [1.165, 1.54) is 0 Å². The fraction of sp³-hybridized carbons (Fsp3) is 0.133. The molecule has 4 nitrogen and oxygen atoms in total. The second-order valence-electron chi connectivity index (χ2n) is 4.59. The number of hydrogen-bond acceptors (Lipinski definition) is 3. The molecule has 6 heteroatoms. The number of anilines is 1. The lowest BCUT2D eigenvalue weighted by Gasteiger charge is -2.13. The van der Waals surface area contributed by atoms with Crippen molar-refractivity contribution < 1.29 is 9.90 Å². The minimum absolute atomic E-state index is 0.190. The molecule has 0 fully saturated rings. The van der Waals surface area contributed by atoms with Crippen molar-refractivity contribution in [3.63, 3.8) is 0 Å². The van der Waals surface area contributed by atoms with Gasteiger partial charge in [-0.25, -0.2) is 0 Å². The number of carbonyl (C=O) groups is 1. The highest BCUT2D eigenvalue weighted by molar-refractivity contribution is 9.11. The largest absolute Gasteiger partial charge is 0.508 e. The lowest BCUT2D eigenvalue weighted by atomic mass is 10.1. The van der Waals surface area contributed by atoms with Crippen LogP contribution in [0.3, 0.4) is 0 Å². The molecule has 2 aromatic carbocycles. The van der Waals surface area contributed by atoms with E-state index in [1.54, 1.807) is 30.3 Å². The molecule has 0 spiro atoms. The van der Waals surface area contributed by atoms with E-state index in [4.69, 9.17) is 5.73 Å². The van der Waals surface area contributed by atoms with E-state index in [0.29, 0.717) is 12.1 Å². The normalized spacial score (nSPS) is 12.0. The van der Waals surface area contributed by atoms with Crippen molar-refractivity contribution in [2.45, 2.75) is 12.5 Å². The van der Waals surface area contributed by atoms with Crippen LogP contribution >= 0.6 is 31.9 Å². The van der Waals surface area contributed by atoms with Gasteiger partial charge in [0.05, 0.1) is 11.7 Å². The lowest BCUT2D eigenvalue weighted by Crippen LogP contribution is -2.37. The highest BCUT2D eigenvalue weighted by Crippen LogP contribution is 2.26. The number of halogens is 2. The maximum atomic E-state index is 12.1. The van der Waals surface area contributed by atoms with Crippen molar-refractivity contribution in [3.8, 4) is 5.75 Å². The number of amides is 1. The fourth-order valence-electron chi connectivity index (χ4n) is 1.79. The summed E-state index contributed by atoms with van der Waals surface area (Å²) in [4.78, 5) is 12.1. The summed E-state index contributed by atoms with van der Waals surface area (Å²) in [7, 11) is 0. The van der Waals surface area contributed by atoms with Crippen LogP contribution in [0.2, 0.25) is 0 Å². The average Bonchev–Trinajstić information content (AvgIpc) is 2.44. The van der Waals surface area contributed by atoms with Crippen molar-refractivity contribution in [2.24, 2.45) is 5.73 Å². The van der Waals surface area contributed by atoms with Crippen molar-refractivity contribution in [1.82, 2.24) is 0 Å². The SMILES string of the molecule is N[C@H](Cc1ccc(O)cc1)C(=O)Nc1ccc(Br)cc1Br. The van der Waals surface area contributed by atoms with E-state index < -0.39 is 6.04 Å². The molecule has 1 atom stereocenters. The zero-order valence-electron chi connectivity index (χ0n) is 11.0. The van der Waals surface area contributed by atoms with Crippen LogP contribution in [0.4, 0.5) is 5.69 Å². The van der Waals surface area contributed by atoms with E-state index in [1.807, 2.05) is 12.1 Å². The van der Waals surface area contributed by atoms with Crippen LogP contribution in [-0.4, -0.2) is 17.1 Å². The first kappa shape index (κ1) is 16.0. The Balaban J connectivity index is 2.00. The van der Waals surface area contributed by atoms with Crippen molar-refractivity contribution in [3.05, 3.63) is 57.0 Å². The summed E-state index contributed by atoms with van der Waals surface area (Å²) in [5, 5.41) is 12.0. The maximum absolute atomic E-state index is 12.1. The number of aromatic hydroxyl groups is 1. The Morgan fingerprint density at radius 3 is 2.48 bits per heavy atom. The van der Waals surface area contributed by atoms with Crippen molar-refractivity contribution in [1.29, 1.82) is 0 Å². The van der Waals surface area contributed by atoms with Crippen LogP contribution in [0.15, 0.2) is 51.4 Å². The number of rotatable bonds is 4. The number of phenolic OH excluding ortho intramolecular Hbond substituents is 1. The summed E-state index contributed by atoms with van der Waals surface area (Å²) in [6, 6.07) is 11.5. The van der Waals surface area contributed by atoms with Gasteiger partial charge in [0.2, 0.25) is 5.91 Å². The summed E-state index contributed by atoms with van der Waals surface area (Å²) in [5.41, 5.74) is 7.48. The molecule has 0 bridgehead atoms. The number of phenols is 1. The molecule has 1 amide bonds. The quantitative estimate of drug-likeness (QED) is 0.718. The van der Waals surface area contributed by atoms with Crippen molar-refractivity contribution >= 4 is 43.5 Å². The minimum Gasteiger partial charge on any atom is -0.508 e. The molecule has 0 unspecified atom stereocenters. The van der Waals surface area contributed by atoms with Crippen molar-refractivity contribution in [2.75, 3.05) is 5.32 Å². The van der Waals surface area contributed by atoms with Gasteiger partial charge in [-0.1, -0.05) is 28.1 Å². The van der Waals surface area contributed by atoms with Gasteiger partial charge in [0.1, 0.15) is 5.75 Å². The van der Waals surface area contributed by atoms with Crippen LogP contribution in [0.5, 0.6) is 5.75 Å². The fourth-order valence-corrected chi connectivity index (χ4v) is 2.94. The van der Waals surface area contributed by atoms with E-state index in [2.05, 4.69) is 37.2 Å². The average molecular weight is 414 g/mol. The van der Waals surface area contributed by atoms with Gasteiger partial charge in [0.25, 0.3) is 0 Å². The summed E-state index contributed by atoms with van der Waals surface area (Å²) in [6.07, 6.45) is 0.403. The summed E-state index contributed by atoms with van der Waals surface area (Å²) in [6.45, 7) is 0. The zero-order valence-corrected chi connectivity index (χ0v) is 14.2. The molecular formula is C15H14Br2N2O2. The minimum atomic E-state index is -0.662. The number of hydrogen-bond donors (Lipinski definition) is 3. The first-order valence-electron chi connectivity index (χ1n) is 6.25. The van der Waals surface area contributed by atoms with Crippen LogP contribution in [-0.2, 0) is 11.2 Å². The molecule has 0 saturated carbocycles. The Hall–Kier alpha value is -1.37. The smallest absolute Gasteiger partial charge is 0.241 e. The molecule has 0 heterocycles. The molecule has 110 valence electrons. The van der Waals surface area contributed by atoms with E-state index in [0.717, 1.165) is 14.5 Å². The standard InChI is InChI=1S/C15H14Br2N2O2/c16-10-3-6-14(12(17)8-10)19-15(21)13(18)7-9-1-4-11(20)5-2-9/h1-6,8,13,20H,7,18H2,(H,19,21)/t13-/m1/s1. The van der Waals surface area contributed by atoms with Gasteiger partial charge in [-0.15, -0.1) is 0 Å². The number of benzene rings is 2.